The van der Waals surface area contributed by atoms with Gasteiger partial charge < -0.3 is 21.0 Å². The highest BCUT2D eigenvalue weighted by Gasteiger charge is 2.20. The molecule has 0 aliphatic heterocycles. The van der Waals surface area contributed by atoms with Crippen LogP contribution in [0.2, 0.25) is 0 Å². The van der Waals surface area contributed by atoms with Crippen molar-refractivity contribution in [3.8, 4) is 0 Å². The van der Waals surface area contributed by atoms with Gasteiger partial charge in [-0.05, 0) is 21.5 Å². The first-order chi connectivity index (χ1) is 8.04. The fourth-order valence-electron chi connectivity index (χ4n) is 1.69. The monoisotopic (exact) mass is 236 g/mol. The van der Waals surface area contributed by atoms with E-state index >= 15 is 0 Å². The minimum atomic E-state index is -0.520. The molecule has 0 saturated carbocycles. The number of aliphatic hydroxyl groups excluding tert-OH is 1. The Morgan fingerprint density at radius 2 is 2.35 bits per heavy atom. The van der Waals surface area contributed by atoms with Crippen LogP contribution in [0.3, 0.4) is 0 Å². The lowest BCUT2D eigenvalue weighted by Gasteiger charge is -2.08. The molecule has 2 aromatic rings. The quantitative estimate of drug-likeness (QED) is 0.597. The SMILES string of the molecule is Cc1nc([N+](=O)[O-])c2ccc(C(N)CO)cn12. The summed E-state index contributed by atoms with van der Waals surface area (Å²) < 4.78 is 1.60. The highest BCUT2D eigenvalue weighted by Crippen LogP contribution is 2.22. The van der Waals surface area contributed by atoms with Gasteiger partial charge in [0.15, 0.2) is 0 Å². The van der Waals surface area contributed by atoms with Crippen LogP contribution in [0.15, 0.2) is 18.3 Å². The van der Waals surface area contributed by atoms with E-state index in [4.69, 9.17) is 10.8 Å². The zero-order valence-electron chi connectivity index (χ0n) is 9.20. The Balaban J connectivity index is 2.63. The van der Waals surface area contributed by atoms with Gasteiger partial charge in [-0.3, -0.25) is 4.40 Å². The number of hydrogen-bond donors (Lipinski definition) is 2. The molecule has 0 fully saturated rings. The molecule has 17 heavy (non-hydrogen) atoms. The van der Waals surface area contributed by atoms with E-state index in [1.54, 1.807) is 29.7 Å². The van der Waals surface area contributed by atoms with Crippen molar-refractivity contribution >= 4 is 11.3 Å². The number of nitro groups is 1. The number of imidazole rings is 1. The van der Waals surface area contributed by atoms with Crippen molar-refractivity contribution in [2.45, 2.75) is 13.0 Å². The molecule has 0 saturated heterocycles. The van der Waals surface area contributed by atoms with Gasteiger partial charge in [0.25, 0.3) is 0 Å². The van der Waals surface area contributed by atoms with Gasteiger partial charge in [-0.15, -0.1) is 0 Å². The molecule has 1 unspecified atom stereocenters. The molecule has 0 spiro atoms. The second kappa shape index (κ2) is 4.11. The molecule has 1 atom stereocenters. The summed E-state index contributed by atoms with van der Waals surface area (Å²) in [6.45, 7) is 1.50. The van der Waals surface area contributed by atoms with Gasteiger partial charge in [0.05, 0.1) is 12.6 Å². The van der Waals surface area contributed by atoms with Crippen LogP contribution >= 0.6 is 0 Å². The molecule has 2 rings (SSSR count). The summed E-state index contributed by atoms with van der Waals surface area (Å²) in [4.78, 5) is 14.1. The van der Waals surface area contributed by atoms with Crippen molar-refractivity contribution in [2.24, 2.45) is 5.73 Å². The van der Waals surface area contributed by atoms with Gasteiger partial charge in [-0.25, -0.2) is 0 Å². The Labute approximate surface area is 96.7 Å². The first kappa shape index (κ1) is 11.5. The number of fused-ring (bicyclic) bond motifs is 1. The van der Waals surface area contributed by atoms with Gasteiger partial charge in [0, 0.05) is 13.1 Å². The smallest absolute Gasteiger partial charge is 0.389 e. The van der Waals surface area contributed by atoms with E-state index in [1.165, 1.54) is 0 Å². The number of aliphatic hydroxyl groups is 1. The Hall–Kier alpha value is -1.99. The Kier molecular flexibility index (Phi) is 2.78. The third kappa shape index (κ3) is 1.85. The fraction of sp³-hybridized carbons (Fsp3) is 0.300. The topological polar surface area (TPSA) is 107 Å². The molecule has 0 radical (unpaired) electrons. The zero-order chi connectivity index (χ0) is 12.6. The molecule has 7 nitrogen and oxygen atoms in total. The molecule has 3 N–H and O–H groups in total. The highest BCUT2D eigenvalue weighted by molar-refractivity contribution is 5.62. The maximum atomic E-state index is 10.8. The largest absolute Gasteiger partial charge is 0.394 e. The molecule has 0 bridgehead atoms. The lowest BCUT2D eigenvalue weighted by atomic mass is 10.1. The lowest BCUT2D eigenvalue weighted by Crippen LogP contribution is -2.15. The van der Waals surface area contributed by atoms with Crippen LogP contribution in [0.25, 0.3) is 5.52 Å². The van der Waals surface area contributed by atoms with Crippen LogP contribution in [0.4, 0.5) is 5.82 Å². The maximum Gasteiger partial charge on any atom is 0.389 e. The predicted octanol–water partition coefficient (Wildman–Crippen LogP) is 0.543. The number of rotatable bonds is 3. The molecule has 7 heteroatoms. The molecular weight excluding hydrogens is 224 g/mol. The number of aryl methyl sites for hydroxylation is 1. The van der Waals surface area contributed by atoms with Crippen molar-refractivity contribution in [1.82, 2.24) is 9.38 Å². The second-order valence-electron chi connectivity index (χ2n) is 3.75. The molecular formula is C10H12N4O3. The molecule has 0 aromatic carbocycles. The van der Waals surface area contributed by atoms with Gasteiger partial charge >= 0.3 is 5.82 Å². The third-order valence-electron chi connectivity index (χ3n) is 2.61. The van der Waals surface area contributed by atoms with Crippen molar-refractivity contribution < 1.29 is 10.0 Å². The molecule has 90 valence electrons. The van der Waals surface area contributed by atoms with E-state index in [0.29, 0.717) is 16.9 Å². The summed E-state index contributed by atoms with van der Waals surface area (Å²) in [6.07, 6.45) is 1.66. The number of pyridine rings is 1. The summed E-state index contributed by atoms with van der Waals surface area (Å²) >= 11 is 0. The summed E-state index contributed by atoms with van der Waals surface area (Å²) in [7, 11) is 0. The summed E-state index contributed by atoms with van der Waals surface area (Å²) in [6, 6.07) is 2.74. The summed E-state index contributed by atoms with van der Waals surface area (Å²) in [5.41, 5.74) is 6.81. The van der Waals surface area contributed by atoms with Gasteiger partial charge in [-0.1, -0.05) is 6.07 Å². The number of hydrogen-bond acceptors (Lipinski definition) is 5. The molecule has 2 heterocycles. The number of nitrogens with zero attached hydrogens (tertiary/aromatic N) is 3. The molecule has 2 aromatic heterocycles. The van der Waals surface area contributed by atoms with Crippen molar-refractivity contribution in [2.75, 3.05) is 6.61 Å². The van der Waals surface area contributed by atoms with Gasteiger partial charge in [0.1, 0.15) is 5.52 Å². The van der Waals surface area contributed by atoms with Crippen molar-refractivity contribution in [3.05, 3.63) is 39.8 Å². The zero-order valence-corrected chi connectivity index (χ0v) is 9.20. The van der Waals surface area contributed by atoms with Crippen molar-refractivity contribution in [3.63, 3.8) is 0 Å². The van der Waals surface area contributed by atoms with Crippen LogP contribution in [0, 0.1) is 17.0 Å². The summed E-state index contributed by atoms with van der Waals surface area (Å²) in [5.74, 6) is 0.338. The van der Waals surface area contributed by atoms with Crippen LogP contribution in [-0.4, -0.2) is 26.0 Å². The standard InChI is InChI=1S/C10H12N4O3/c1-6-12-10(14(16)17)9-3-2-7(4-13(6)9)8(11)5-15/h2-4,8,15H,5,11H2,1H3. The Morgan fingerprint density at radius 1 is 1.65 bits per heavy atom. The van der Waals surface area contributed by atoms with E-state index in [0.717, 1.165) is 0 Å². The van der Waals surface area contributed by atoms with E-state index in [2.05, 4.69) is 4.98 Å². The number of nitrogens with two attached hydrogens (primary N) is 1. The van der Waals surface area contributed by atoms with Crippen LogP contribution in [0.5, 0.6) is 0 Å². The molecule has 0 amide bonds. The minimum absolute atomic E-state index is 0.174. The average molecular weight is 236 g/mol. The van der Waals surface area contributed by atoms with E-state index in [9.17, 15) is 10.1 Å². The fourth-order valence-corrected chi connectivity index (χ4v) is 1.69. The third-order valence-corrected chi connectivity index (χ3v) is 2.61. The minimum Gasteiger partial charge on any atom is -0.394 e. The van der Waals surface area contributed by atoms with Crippen LogP contribution < -0.4 is 5.73 Å². The van der Waals surface area contributed by atoms with Gasteiger partial charge in [-0.2, -0.15) is 0 Å². The van der Waals surface area contributed by atoms with Crippen LogP contribution in [-0.2, 0) is 0 Å². The second-order valence-corrected chi connectivity index (χ2v) is 3.75. The van der Waals surface area contributed by atoms with Crippen LogP contribution in [0.1, 0.15) is 17.4 Å². The van der Waals surface area contributed by atoms with E-state index < -0.39 is 11.0 Å². The predicted molar refractivity (Wildman–Crippen MR) is 60.6 cm³/mol. The lowest BCUT2D eigenvalue weighted by molar-refractivity contribution is -0.387. The maximum absolute atomic E-state index is 10.8. The first-order valence-electron chi connectivity index (χ1n) is 5.04. The first-order valence-corrected chi connectivity index (χ1v) is 5.04. The molecule has 0 aliphatic carbocycles. The van der Waals surface area contributed by atoms with E-state index in [-0.39, 0.29) is 12.4 Å². The Morgan fingerprint density at radius 3 is 2.94 bits per heavy atom. The number of aromatic nitrogens is 2. The highest BCUT2D eigenvalue weighted by atomic mass is 16.6. The summed E-state index contributed by atoms with van der Waals surface area (Å²) in [5, 5.41) is 19.7. The van der Waals surface area contributed by atoms with Gasteiger partial charge in [0.2, 0.25) is 5.82 Å². The van der Waals surface area contributed by atoms with E-state index in [1.807, 2.05) is 0 Å². The van der Waals surface area contributed by atoms with Crippen molar-refractivity contribution in [1.29, 1.82) is 0 Å². The Bertz CT molecular complexity index is 578. The normalized spacial score (nSPS) is 12.9. The average Bonchev–Trinajstić information content (AvgIpc) is 2.65. The molecule has 0 aliphatic rings.